The summed E-state index contributed by atoms with van der Waals surface area (Å²) in [5.74, 6) is 0. The van der Waals surface area contributed by atoms with Gasteiger partial charge in [0.05, 0.1) is 7.11 Å². The van der Waals surface area contributed by atoms with Gasteiger partial charge in [-0.3, -0.25) is 0 Å². The Kier molecular flexibility index (Phi) is 4.95. The molecule has 0 saturated heterocycles. The summed E-state index contributed by atoms with van der Waals surface area (Å²) >= 11 is 15.8. The van der Waals surface area contributed by atoms with E-state index in [0.717, 1.165) is 7.11 Å². The van der Waals surface area contributed by atoms with Gasteiger partial charge in [0.1, 0.15) is 0 Å². The second kappa shape index (κ2) is 4.88. The first-order valence-corrected chi connectivity index (χ1v) is 3.55. The largest absolute Gasteiger partial charge is 0.509 e. The lowest BCUT2D eigenvalue weighted by Crippen LogP contribution is -2.18. The van der Waals surface area contributed by atoms with Crippen molar-refractivity contribution in [1.29, 1.82) is 0 Å². The summed E-state index contributed by atoms with van der Waals surface area (Å²) in [5.41, 5.74) is -1.07. The van der Waals surface area contributed by atoms with Crippen LogP contribution in [0.5, 0.6) is 0 Å². The van der Waals surface area contributed by atoms with Crippen molar-refractivity contribution in [2.24, 2.45) is 0 Å². The summed E-state index contributed by atoms with van der Waals surface area (Å²) in [6.07, 6.45) is -0.911. The molecule has 6 heteroatoms. The fraction of sp³-hybridized carbons (Fsp3) is 0.750. The quantitative estimate of drug-likeness (QED) is 0.514. The summed E-state index contributed by atoms with van der Waals surface area (Å²) < 4.78 is 8.41. The molecule has 1 atom stereocenters. The van der Waals surface area contributed by atoms with Crippen molar-refractivity contribution in [3.8, 4) is 0 Å². The molecule has 0 aliphatic rings. The Labute approximate surface area is 73.1 Å². The molecule has 0 saturated carbocycles. The van der Waals surface area contributed by atoms with Crippen LogP contribution in [0.25, 0.3) is 0 Å². The zero-order valence-electron chi connectivity index (χ0n) is 5.01. The lowest BCUT2D eigenvalue weighted by atomic mass is 10.8. The van der Waals surface area contributed by atoms with Gasteiger partial charge in [0.2, 0.25) is 5.56 Å². The van der Waals surface area contributed by atoms with Crippen LogP contribution in [-0.2, 0) is 9.47 Å². The Morgan fingerprint density at radius 2 is 1.90 bits per heavy atom. The third-order valence-electron chi connectivity index (χ3n) is 0.574. The Balaban J connectivity index is 3.57. The number of methoxy groups -OCH3 is 1. The molecule has 0 rings (SSSR count). The predicted octanol–water partition coefficient (Wildman–Crippen LogP) is 2.14. The van der Waals surface area contributed by atoms with Crippen LogP contribution in [-0.4, -0.2) is 23.7 Å². The Bertz CT molecular complexity index is 116. The molecule has 0 amide bonds. The van der Waals surface area contributed by atoms with Gasteiger partial charge in [-0.2, -0.15) is 0 Å². The zero-order chi connectivity index (χ0) is 8.15. The highest BCUT2D eigenvalue weighted by molar-refractivity contribution is 6.48. The van der Waals surface area contributed by atoms with Gasteiger partial charge in [0.25, 0.3) is 0 Å². The van der Waals surface area contributed by atoms with E-state index in [4.69, 9.17) is 34.8 Å². The highest BCUT2D eigenvalue weighted by Crippen LogP contribution is 2.15. The molecule has 10 heavy (non-hydrogen) atoms. The number of hydrogen-bond acceptors (Lipinski definition) is 3. The van der Waals surface area contributed by atoms with E-state index in [9.17, 15) is 4.79 Å². The predicted molar refractivity (Wildman–Crippen MR) is 38.6 cm³/mol. The lowest BCUT2D eigenvalue weighted by molar-refractivity contribution is 0.0653. The zero-order valence-corrected chi connectivity index (χ0v) is 7.28. The maximum absolute atomic E-state index is 10.3. The van der Waals surface area contributed by atoms with Crippen LogP contribution < -0.4 is 0 Å². The SMILES string of the molecule is COC(=O)OC(Cl)C(Cl)Cl. The number of halogens is 3. The maximum Gasteiger partial charge on any atom is 0.509 e. The minimum Gasteiger partial charge on any atom is -0.438 e. The smallest absolute Gasteiger partial charge is 0.438 e. The normalized spacial score (nSPS) is 12.9. The van der Waals surface area contributed by atoms with Gasteiger partial charge in [-0.05, 0) is 0 Å². The highest BCUT2D eigenvalue weighted by atomic mass is 35.5. The minimum atomic E-state index is -1.07. The molecule has 0 radical (unpaired) electrons. The standard InChI is InChI=1S/C4H5Cl3O3/c1-9-4(8)10-3(7)2(5)6/h2-3H,1H3. The molecule has 0 bridgehead atoms. The van der Waals surface area contributed by atoms with Crippen LogP contribution in [0.15, 0.2) is 0 Å². The third-order valence-corrected chi connectivity index (χ3v) is 1.63. The lowest BCUT2D eigenvalue weighted by Gasteiger charge is -2.09. The fourth-order valence-corrected chi connectivity index (χ4v) is 0.367. The van der Waals surface area contributed by atoms with Gasteiger partial charge in [-0.25, -0.2) is 4.79 Å². The first-order chi connectivity index (χ1) is 4.57. The number of carbonyl (C=O) groups is 1. The van der Waals surface area contributed by atoms with E-state index in [1.165, 1.54) is 0 Å². The molecular formula is C4H5Cl3O3. The number of hydrogen-bond donors (Lipinski definition) is 0. The number of carbonyl (C=O) groups excluding carboxylic acids is 1. The van der Waals surface area contributed by atoms with E-state index in [2.05, 4.69) is 9.47 Å². The van der Waals surface area contributed by atoms with E-state index in [1.807, 2.05) is 0 Å². The molecule has 0 aliphatic heterocycles. The average Bonchev–Trinajstić information content (AvgIpc) is 1.87. The highest BCUT2D eigenvalue weighted by Gasteiger charge is 2.18. The van der Waals surface area contributed by atoms with Crippen LogP contribution in [0.3, 0.4) is 0 Å². The van der Waals surface area contributed by atoms with Crippen molar-refractivity contribution in [3.63, 3.8) is 0 Å². The summed E-state index contributed by atoms with van der Waals surface area (Å²) in [6, 6.07) is 0. The number of alkyl halides is 3. The molecule has 0 heterocycles. The first-order valence-electron chi connectivity index (χ1n) is 2.24. The van der Waals surface area contributed by atoms with E-state index < -0.39 is 16.6 Å². The van der Waals surface area contributed by atoms with Crippen molar-refractivity contribution in [2.45, 2.75) is 10.4 Å². The Hall–Kier alpha value is 0.140. The van der Waals surface area contributed by atoms with Crippen LogP contribution in [0.2, 0.25) is 0 Å². The van der Waals surface area contributed by atoms with Gasteiger partial charge in [0, 0.05) is 0 Å². The molecule has 0 N–H and O–H groups in total. The molecule has 60 valence electrons. The van der Waals surface area contributed by atoms with Crippen molar-refractivity contribution in [1.82, 2.24) is 0 Å². The Morgan fingerprint density at radius 3 is 2.20 bits per heavy atom. The molecular weight excluding hydrogens is 202 g/mol. The van der Waals surface area contributed by atoms with Gasteiger partial charge < -0.3 is 9.47 Å². The maximum atomic E-state index is 10.3. The molecule has 0 spiro atoms. The first kappa shape index (κ1) is 10.1. The van der Waals surface area contributed by atoms with Crippen molar-refractivity contribution in [3.05, 3.63) is 0 Å². The van der Waals surface area contributed by atoms with Crippen molar-refractivity contribution < 1.29 is 14.3 Å². The molecule has 0 aromatic carbocycles. The molecule has 0 aliphatic carbocycles. The minimum absolute atomic E-state index is 0.911. The average molecular weight is 207 g/mol. The van der Waals surface area contributed by atoms with Gasteiger partial charge in [0.15, 0.2) is 4.84 Å². The molecule has 0 aromatic heterocycles. The van der Waals surface area contributed by atoms with Crippen molar-refractivity contribution >= 4 is 41.0 Å². The summed E-state index contributed by atoms with van der Waals surface area (Å²) in [4.78, 5) is 9.32. The van der Waals surface area contributed by atoms with Gasteiger partial charge in [-0.15, -0.1) is 0 Å². The van der Waals surface area contributed by atoms with Crippen LogP contribution in [0.4, 0.5) is 4.79 Å². The van der Waals surface area contributed by atoms with Crippen LogP contribution >= 0.6 is 34.8 Å². The number of ether oxygens (including phenoxy) is 2. The molecule has 1 unspecified atom stereocenters. The number of rotatable bonds is 2. The molecule has 0 aromatic rings. The second-order valence-corrected chi connectivity index (χ2v) is 2.85. The summed E-state index contributed by atoms with van der Waals surface area (Å²) in [6.45, 7) is 0. The monoisotopic (exact) mass is 206 g/mol. The topological polar surface area (TPSA) is 35.5 Å². The van der Waals surface area contributed by atoms with E-state index in [0.29, 0.717) is 0 Å². The van der Waals surface area contributed by atoms with E-state index in [-0.39, 0.29) is 0 Å². The Morgan fingerprint density at radius 1 is 1.40 bits per heavy atom. The molecule has 0 fully saturated rings. The summed E-state index contributed by atoms with van der Waals surface area (Å²) in [7, 11) is 1.16. The van der Waals surface area contributed by atoms with E-state index >= 15 is 0 Å². The second-order valence-electron chi connectivity index (χ2n) is 1.26. The van der Waals surface area contributed by atoms with Gasteiger partial charge >= 0.3 is 6.16 Å². The van der Waals surface area contributed by atoms with Crippen molar-refractivity contribution in [2.75, 3.05) is 7.11 Å². The molecule has 3 nitrogen and oxygen atoms in total. The van der Waals surface area contributed by atoms with Crippen LogP contribution in [0.1, 0.15) is 0 Å². The third kappa shape index (κ3) is 4.04. The fourth-order valence-electron chi connectivity index (χ4n) is 0.191. The van der Waals surface area contributed by atoms with Crippen LogP contribution in [0, 0.1) is 0 Å². The van der Waals surface area contributed by atoms with E-state index in [1.54, 1.807) is 0 Å². The van der Waals surface area contributed by atoms with Gasteiger partial charge in [-0.1, -0.05) is 34.8 Å². The summed E-state index contributed by atoms with van der Waals surface area (Å²) in [5, 5.41) is 0.